The third kappa shape index (κ3) is 3.75. The van der Waals surface area contributed by atoms with Gasteiger partial charge in [-0.15, -0.1) is 0 Å². The second kappa shape index (κ2) is 8.82. The van der Waals surface area contributed by atoms with Gasteiger partial charge in [-0.2, -0.15) is 0 Å². The highest BCUT2D eigenvalue weighted by molar-refractivity contribution is 5.94. The molecule has 2 aromatic heterocycles. The number of aromatic amines is 1. The van der Waals surface area contributed by atoms with Crippen molar-refractivity contribution in [1.82, 2.24) is 15.0 Å². The lowest BCUT2D eigenvalue weighted by Gasteiger charge is -2.03. The van der Waals surface area contributed by atoms with E-state index in [9.17, 15) is 0 Å². The number of nitrogens with one attached hydrogen (secondary N) is 1. The van der Waals surface area contributed by atoms with E-state index in [-0.39, 0.29) is 0 Å². The summed E-state index contributed by atoms with van der Waals surface area (Å²) >= 11 is 0. The molecular formula is C28H35N3. The predicted octanol–water partition coefficient (Wildman–Crippen LogP) is 7.86. The molecule has 0 unspecified atom stereocenters. The van der Waals surface area contributed by atoms with Gasteiger partial charge in [-0.05, 0) is 97.2 Å². The van der Waals surface area contributed by atoms with Gasteiger partial charge in [-0.25, -0.2) is 9.97 Å². The van der Waals surface area contributed by atoms with Crippen LogP contribution in [0.4, 0.5) is 0 Å². The highest BCUT2D eigenvalue weighted by Crippen LogP contribution is 2.36. The van der Waals surface area contributed by atoms with E-state index in [1.54, 1.807) is 0 Å². The minimum Gasteiger partial charge on any atom is -0.355 e. The van der Waals surface area contributed by atoms with Crippen molar-refractivity contribution >= 4 is 33.3 Å². The first-order valence-corrected chi connectivity index (χ1v) is 12.0. The van der Waals surface area contributed by atoms with Gasteiger partial charge in [0.25, 0.3) is 0 Å². The molecule has 1 N–H and O–H groups in total. The topological polar surface area (TPSA) is 41.6 Å². The molecule has 31 heavy (non-hydrogen) atoms. The van der Waals surface area contributed by atoms with Crippen molar-refractivity contribution in [2.45, 2.75) is 80.1 Å². The van der Waals surface area contributed by atoms with Crippen molar-refractivity contribution < 1.29 is 0 Å². The van der Waals surface area contributed by atoms with Crippen LogP contribution in [0, 0.1) is 0 Å². The van der Waals surface area contributed by atoms with Crippen molar-refractivity contribution in [3.8, 4) is 0 Å². The lowest BCUT2D eigenvalue weighted by molar-refractivity contribution is 0.972. The average Bonchev–Trinajstić information content (AvgIpc) is 3.35. The normalized spacial score (nSPS) is 14.0. The molecule has 0 aliphatic carbocycles. The molecule has 0 fully saturated rings. The van der Waals surface area contributed by atoms with Crippen LogP contribution in [0.1, 0.15) is 101 Å². The van der Waals surface area contributed by atoms with E-state index in [1.807, 2.05) is 0 Å². The molecule has 0 radical (unpaired) electrons. The highest BCUT2D eigenvalue weighted by Gasteiger charge is 2.19. The van der Waals surface area contributed by atoms with Crippen LogP contribution in [0.2, 0.25) is 0 Å². The van der Waals surface area contributed by atoms with Crippen LogP contribution in [-0.4, -0.2) is 15.0 Å². The first kappa shape index (κ1) is 21.5. The van der Waals surface area contributed by atoms with Crippen LogP contribution in [0.15, 0.2) is 24.3 Å². The van der Waals surface area contributed by atoms with Crippen LogP contribution < -0.4 is 0 Å². The largest absolute Gasteiger partial charge is 0.355 e. The summed E-state index contributed by atoms with van der Waals surface area (Å²) in [6.45, 7) is 13.4. The van der Waals surface area contributed by atoms with E-state index in [1.165, 1.54) is 44.5 Å². The van der Waals surface area contributed by atoms with Gasteiger partial charge in [0, 0.05) is 11.0 Å². The summed E-state index contributed by atoms with van der Waals surface area (Å²) in [7, 11) is 0. The Kier molecular flexibility index (Phi) is 6.13. The number of hydrogen-bond acceptors (Lipinski definition) is 2. The summed E-state index contributed by atoms with van der Waals surface area (Å²) in [5.74, 6) is 0. The Morgan fingerprint density at radius 3 is 1.42 bits per heavy atom. The van der Waals surface area contributed by atoms with Gasteiger partial charge < -0.3 is 4.98 Å². The molecule has 0 aromatic carbocycles. The summed E-state index contributed by atoms with van der Waals surface area (Å²) in [5, 5.41) is 0. The monoisotopic (exact) mass is 413 g/mol. The van der Waals surface area contributed by atoms with Crippen molar-refractivity contribution in [3.63, 3.8) is 0 Å². The van der Waals surface area contributed by atoms with E-state index in [0.29, 0.717) is 0 Å². The first-order chi connectivity index (χ1) is 15.0. The number of hydrogen-bond donors (Lipinski definition) is 1. The molecule has 3 heteroatoms. The zero-order chi connectivity index (χ0) is 22.1. The number of aromatic nitrogens is 3. The molecule has 0 saturated carbocycles. The van der Waals surface area contributed by atoms with Crippen molar-refractivity contribution in [2.75, 3.05) is 0 Å². The number of allylic oxidation sites excluding steroid dienone is 4. The van der Waals surface area contributed by atoms with E-state index >= 15 is 0 Å². The minimum absolute atomic E-state index is 1.01. The van der Waals surface area contributed by atoms with Crippen LogP contribution in [0.25, 0.3) is 33.3 Å². The zero-order valence-corrected chi connectivity index (χ0v) is 19.9. The Balaban J connectivity index is 2.14. The van der Waals surface area contributed by atoms with Gasteiger partial charge in [0.05, 0.1) is 22.8 Å². The fourth-order valence-electron chi connectivity index (χ4n) is 5.06. The number of nitrogens with zero attached hydrogens (tertiary/aromatic N) is 2. The molecule has 0 spiro atoms. The molecule has 2 aromatic rings. The fraction of sp³-hybridized carbons (Fsp3) is 0.429. The zero-order valence-electron chi connectivity index (χ0n) is 19.9. The molecule has 4 rings (SSSR count). The predicted molar refractivity (Wildman–Crippen MR) is 134 cm³/mol. The molecule has 2 aliphatic rings. The molecule has 0 saturated heterocycles. The SMILES string of the molecule is CCCC1=C(C)c2ccc3nc(cc4[nH]c(cc1n2)c(CC)c4CC)C(CCC)=C3C. The van der Waals surface area contributed by atoms with Gasteiger partial charge in [-0.1, -0.05) is 40.5 Å². The number of rotatable bonds is 6. The summed E-state index contributed by atoms with van der Waals surface area (Å²) in [6.07, 6.45) is 6.37. The molecule has 3 nitrogen and oxygen atoms in total. The standard InChI is InChI=1S/C28H35N3/c1-7-11-21-17(5)23-13-14-24-18(6)22(12-8-2)28(30-24)16-26-20(10-4)19(9-3)25(31-26)15-27(21)29-23/h13-16,31H,7-12H2,1-6H3. The molecule has 0 atom stereocenters. The van der Waals surface area contributed by atoms with Crippen LogP contribution in [0.3, 0.4) is 0 Å². The molecule has 6 bridgehead atoms. The number of H-pyrrole nitrogens is 1. The Labute approximate surface area is 186 Å². The maximum atomic E-state index is 5.07. The van der Waals surface area contributed by atoms with Gasteiger partial charge in [0.15, 0.2) is 0 Å². The summed E-state index contributed by atoms with van der Waals surface area (Å²) in [6, 6.07) is 8.89. The van der Waals surface area contributed by atoms with Crippen LogP contribution >= 0.6 is 0 Å². The lowest BCUT2D eigenvalue weighted by Crippen LogP contribution is -1.87. The second-order valence-electron chi connectivity index (χ2n) is 8.71. The second-order valence-corrected chi connectivity index (χ2v) is 8.71. The Morgan fingerprint density at radius 2 is 1.06 bits per heavy atom. The number of fused-ring (bicyclic) bond motifs is 6. The first-order valence-electron chi connectivity index (χ1n) is 12.0. The Hall–Kier alpha value is -2.68. The van der Waals surface area contributed by atoms with E-state index in [0.717, 1.165) is 61.3 Å². The average molecular weight is 414 g/mol. The van der Waals surface area contributed by atoms with E-state index in [4.69, 9.17) is 9.97 Å². The van der Waals surface area contributed by atoms with E-state index in [2.05, 4.69) is 70.8 Å². The fourth-order valence-corrected chi connectivity index (χ4v) is 5.06. The van der Waals surface area contributed by atoms with Gasteiger partial charge in [0.1, 0.15) is 0 Å². The van der Waals surface area contributed by atoms with Crippen molar-refractivity contribution in [1.29, 1.82) is 0 Å². The smallest absolute Gasteiger partial charge is 0.0693 e. The highest BCUT2D eigenvalue weighted by atomic mass is 14.8. The molecule has 2 aliphatic heterocycles. The number of aryl methyl sites for hydroxylation is 2. The molecular weight excluding hydrogens is 378 g/mol. The van der Waals surface area contributed by atoms with Gasteiger partial charge in [0.2, 0.25) is 0 Å². The van der Waals surface area contributed by atoms with Gasteiger partial charge in [-0.3, -0.25) is 0 Å². The Morgan fingerprint density at radius 1 is 0.645 bits per heavy atom. The maximum absolute atomic E-state index is 5.07. The summed E-state index contributed by atoms with van der Waals surface area (Å²) in [4.78, 5) is 13.9. The third-order valence-electron chi connectivity index (χ3n) is 6.73. The summed E-state index contributed by atoms with van der Waals surface area (Å²) in [5.41, 5.74) is 14.9. The lowest BCUT2D eigenvalue weighted by atomic mass is 9.99. The van der Waals surface area contributed by atoms with Crippen molar-refractivity contribution in [2.24, 2.45) is 0 Å². The van der Waals surface area contributed by atoms with Gasteiger partial charge >= 0.3 is 0 Å². The maximum Gasteiger partial charge on any atom is 0.0693 e. The quantitative estimate of drug-likeness (QED) is 0.523. The van der Waals surface area contributed by atoms with E-state index < -0.39 is 0 Å². The molecule has 0 amide bonds. The molecule has 162 valence electrons. The van der Waals surface area contributed by atoms with Crippen molar-refractivity contribution in [3.05, 3.63) is 58.2 Å². The Bertz CT molecular complexity index is 1100. The third-order valence-corrected chi connectivity index (χ3v) is 6.73. The molecule has 4 heterocycles. The van der Waals surface area contributed by atoms with Crippen LogP contribution in [0.5, 0.6) is 0 Å². The summed E-state index contributed by atoms with van der Waals surface area (Å²) < 4.78 is 0. The minimum atomic E-state index is 1.01. The van der Waals surface area contributed by atoms with Crippen LogP contribution in [-0.2, 0) is 12.8 Å².